The summed E-state index contributed by atoms with van der Waals surface area (Å²) in [5.41, 5.74) is 6.40. The van der Waals surface area contributed by atoms with Crippen molar-refractivity contribution in [2.45, 2.75) is 11.8 Å². The van der Waals surface area contributed by atoms with Gasteiger partial charge in [-0.15, -0.1) is 11.8 Å². The molecule has 17 heavy (non-hydrogen) atoms. The highest BCUT2D eigenvalue weighted by Gasteiger charge is 2.07. The third kappa shape index (κ3) is 2.68. The number of hydrogen-bond acceptors (Lipinski definition) is 5. The standard InChI is InChI=1S/C12H13N3OS/c1-8-7-14-12(13)15-11(8)16-9-5-3-4-6-10(9)17-2/h3-7H,1-2H3,(H2,13,14,15). The lowest BCUT2D eigenvalue weighted by Crippen LogP contribution is -1.99. The van der Waals surface area contributed by atoms with Crippen molar-refractivity contribution >= 4 is 17.7 Å². The maximum absolute atomic E-state index is 5.76. The van der Waals surface area contributed by atoms with Gasteiger partial charge in [-0.25, -0.2) is 4.98 Å². The predicted molar refractivity (Wildman–Crippen MR) is 69.5 cm³/mol. The van der Waals surface area contributed by atoms with Crippen LogP contribution in [-0.2, 0) is 0 Å². The summed E-state index contributed by atoms with van der Waals surface area (Å²) in [6.07, 6.45) is 3.66. The van der Waals surface area contributed by atoms with E-state index in [9.17, 15) is 0 Å². The maximum atomic E-state index is 5.76. The zero-order valence-electron chi connectivity index (χ0n) is 9.68. The molecular formula is C12H13N3OS. The van der Waals surface area contributed by atoms with Crippen molar-refractivity contribution in [1.82, 2.24) is 9.97 Å². The summed E-state index contributed by atoms with van der Waals surface area (Å²) in [6.45, 7) is 1.89. The number of para-hydroxylation sites is 1. The minimum atomic E-state index is 0.215. The van der Waals surface area contributed by atoms with Crippen LogP contribution in [0.25, 0.3) is 0 Å². The van der Waals surface area contributed by atoms with Crippen molar-refractivity contribution in [2.24, 2.45) is 0 Å². The average Bonchev–Trinajstić information content (AvgIpc) is 2.34. The molecule has 0 amide bonds. The van der Waals surface area contributed by atoms with E-state index >= 15 is 0 Å². The molecule has 4 nitrogen and oxygen atoms in total. The summed E-state index contributed by atoms with van der Waals surface area (Å²) in [7, 11) is 0. The number of benzene rings is 1. The Balaban J connectivity index is 2.34. The Bertz CT molecular complexity index is 531. The van der Waals surface area contributed by atoms with Crippen LogP contribution >= 0.6 is 11.8 Å². The van der Waals surface area contributed by atoms with E-state index in [1.54, 1.807) is 18.0 Å². The Labute approximate surface area is 104 Å². The van der Waals surface area contributed by atoms with Gasteiger partial charge in [-0.2, -0.15) is 4.98 Å². The molecule has 1 aromatic heterocycles. The number of aromatic nitrogens is 2. The van der Waals surface area contributed by atoms with E-state index in [0.717, 1.165) is 16.2 Å². The van der Waals surface area contributed by atoms with Crippen LogP contribution in [0.1, 0.15) is 5.56 Å². The molecule has 1 aromatic carbocycles. The molecule has 0 atom stereocenters. The van der Waals surface area contributed by atoms with Gasteiger partial charge in [0.15, 0.2) is 0 Å². The predicted octanol–water partition coefficient (Wildman–Crippen LogP) is 2.88. The number of nitrogens with two attached hydrogens (primary N) is 1. The van der Waals surface area contributed by atoms with Gasteiger partial charge in [0.25, 0.3) is 0 Å². The molecule has 0 fully saturated rings. The van der Waals surface area contributed by atoms with Crippen LogP contribution in [0.5, 0.6) is 11.6 Å². The quantitative estimate of drug-likeness (QED) is 0.845. The average molecular weight is 247 g/mol. The van der Waals surface area contributed by atoms with Crippen LogP contribution in [0.15, 0.2) is 35.4 Å². The van der Waals surface area contributed by atoms with Gasteiger partial charge < -0.3 is 10.5 Å². The summed E-state index contributed by atoms with van der Waals surface area (Å²) in [4.78, 5) is 9.04. The van der Waals surface area contributed by atoms with E-state index in [0.29, 0.717) is 5.88 Å². The second kappa shape index (κ2) is 5.05. The fraction of sp³-hybridized carbons (Fsp3) is 0.167. The van der Waals surface area contributed by atoms with Gasteiger partial charge in [0, 0.05) is 16.7 Å². The zero-order valence-corrected chi connectivity index (χ0v) is 10.5. The maximum Gasteiger partial charge on any atom is 0.227 e. The lowest BCUT2D eigenvalue weighted by atomic mass is 10.3. The van der Waals surface area contributed by atoms with E-state index in [-0.39, 0.29) is 5.95 Å². The summed E-state index contributed by atoms with van der Waals surface area (Å²) in [5, 5.41) is 0. The van der Waals surface area contributed by atoms with Crippen molar-refractivity contribution in [3.63, 3.8) is 0 Å². The van der Waals surface area contributed by atoms with Crippen molar-refractivity contribution in [2.75, 3.05) is 12.0 Å². The van der Waals surface area contributed by atoms with Crippen LogP contribution in [0.2, 0.25) is 0 Å². The first-order valence-electron chi connectivity index (χ1n) is 5.10. The van der Waals surface area contributed by atoms with Crippen molar-refractivity contribution in [1.29, 1.82) is 0 Å². The van der Waals surface area contributed by atoms with Gasteiger partial charge >= 0.3 is 0 Å². The summed E-state index contributed by atoms with van der Waals surface area (Å²) in [6, 6.07) is 7.80. The molecule has 0 unspecified atom stereocenters. The second-order valence-electron chi connectivity index (χ2n) is 3.47. The molecule has 0 spiro atoms. The van der Waals surface area contributed by atoms with Gasteiger partial charge in [-0.05, 0) is 25.3 Å². The van der Waals surface area contributed by atoms with Crippen LogP contribution in [0.3, 0.4) is 0 Å². The number of ether oxygens (including phenoxy) is 1. The molecule has 2 rings (SSSR count). The van der Waals surface area contributed by atoms with Crippen LogP contribution in [0.4, 0.5) is 5.95 Å². The monoisotopic (exact) mass is 247 g/mol. The number of aryl methyl sites for hydroxylation is 1. The first kappa shape index (κ1) is 11.7. The summed E-state index contributed by atoms with van der Waals surface area (Å²) in [5.74, 6) is 1.49. The Hall–Kier alpha value is -1.75. The summed E-state index contributed by atoms with van der Waals surface area (Å²) >= 11 is 1.63. The number of thioether (sulfide) groups is 1. The first-order valence-corrected chi connectivity index (χ1v) is 6.33. The van der Waals surface area contributed by atoms with Crippen LogP contribution < -0.4 is 10.5 Å². The normalized spacial score (nSPS) is 10.2. The van der Waals surface area contributed by atoms with Gasteiger partial charge in [0.1, 0.15) is 5.75 Å². The molecule has 2 aromatic rings. The Kier molecular flexibility index (Phi) is 3.49. The van der Waals surface area contributed by atoms with Crippen molar-refractivity contribution < 1.29 is 4.74 Å². The molecule has 0 saturated carbocycles. The minimum Gasteiger partial charge on any atom is -0.437 e. The molecule has 2 N–H and O–H groups in total. The lowest BCUT2D eigenvalue weighted by molar-refractivity contribution is 0.448. The Morgan fingerprint density at radius 3 is 2.82 bits per heavy atom. The van der Waals surface area contributed by atoms with E-state index in [1.807, 2.05) is 37.4 Å². The lowest BCUT2D eigenvalue weighted by Gasteiger charge is -2.10. The van der Waals surface area contributed by atoms with Gasteiger partial charge in [-0.1, -0.05) is 12.1 Å². The minimum absolute atomic E-state index is 0.215. The highest BCUT2D eigenvalue weighted by atomic mass is 32.2. The molecule has 0 aliphatic rings. The van der Waals surface area contributed by atoms with Gasteiger partial charge in [-0.3, -0.25) is 0 Å². The largest absolute Gasteiger partial charge is 0.437 e. The highest BCUT2D eigenvalue weighted by Crippen LogP contribution is 2.31. The van der Waals surface area contributed by atoms with Crippen LogP contribution in [0, 0.1) is 6.92 Å². The number of hydrogen-bond donors (Lipinski definition) is 1. The van der Waals surface area contributed by atoms with E-state index in [2.05, 4.69) is 9.97 Å². The van der Waals surface area contributed by atoms with E-state index in [4.69, 9.17) is 10.5 Å². The second-order valence-corrected chi connectivity index (χ2v) is 4.32. The number of nitrogens with zero attached hydrogens (tertiary/aromatic N) is 2. The SMILES string of the molecule is CSc1ccccc1Oc1nc(N)ncc1C. The number of rotatable bonds is 3. The van der Waals surface area contributed by atoms with E-state index in [1.165, 1.54) is 0 Å². The summed E-state index contributed by atoms with van der Waals surface area (Å²) < 4.78 is 5.76. The topological polar surface area (TPSA) is 61.0 Å². The fourth-order valence-electron chi connectivity index (χ4n) is 1.35. The first-order chi connectivity index (χ1) is 8.20. The smallest absolute Gasteiger partial charge is 0.227 e. The zero-order chi connectivity index (χ0) is 12.3. The Morgan fingerprint density at radius 1 is 1.29 bits per heavy atom. The molecule has 0 bridgehead atoms. The van der Waals surface area contributed by atoms with Gasteiger partial charge in [0.05, 0.1) is 0 Å². The van der Waals surface area contributed by atoms with Gasteiger partial charge in [0.2, 0.25) is 11.8 Å². The molecule has 1 heterocycles. The molecule has 88 valence electrons. The molecule has 5 heteroatoms. The molecule has 0 radical (unpaired) electrons. The molecular weight excluding hydrogens is 234 g/mol. The number of nitrogen functional groups attached to an aromatic ring is 1. The molecule has 0 aliphatic heterocycles. The molecule has 0 saturated heterocycles. The Morgan fingerprint density at radius 2 is 2.06 bits per heavy atom. The highest BCUT2D eigenvalue weighted by molar-refractivity contribution is 7.98. The number of anilines is 1. The fourth-order valence-corrected chi connectivity index (χ4v) is 1.88. The third-order valence-electron chi connectivity index (χ3n) is 2.22. The third-order valence-corrected chi connectivity index (χ3v) is 3.00. The molecule has 0 aliphatic carbocycles. The van der Waals surface area contributed by atoms with Crippen molar-refractivity contribution in [3.05, 3.63) is 36.0 Å². The van der Waals surface area contributed by atoms with E-state index < -0.39 is 0 Å². The van der Waals surface area contributed by atoms with Crippen molar-refractivity contribution in [3.8, 4) is 11.6 Å². The van der Waals surface area contributed by atoms with Crippen LogP contribution in [-0.4, -0.2) is 16.2 Å².